The summed E-state index contributed by atoms with van der Waals surface area (Å²) in [6.45, 7) is 13.5. The van der Waals surface area contributed by atoms with Crippen LogP contribution in [0.3, 0.4) is 0 Å². The molecule has 0 aliphatic heterocycles. The molecular formula is C15H18. The Kier molecular flexibility index (Phi) is 6.76. The zero-order chi connectivity index (χ0) is 11.7. The van der Waals surface area contributed by atoms with Crippen molar-refractivity contribution in [3.05, 3.63) is 60.3 Å². The topological polar surface area (TPSA) is 0 Å². The molecule has 0 aromatic carbocycles. The van der Waals surface area contributed by atoms with Crippen molar-refractivity contribution in [2.45, 2.75) is 20.8 Å². The van der Waals surface area contributed by atoms with Crippen molar-refractivity contribution in [2.75, 3.05) is 0 Å². The van der Waals surface area contributed by atoms with Gasteiger partial charge >= 0.3 is 0 Å². The van der Waals surface area contributed by atoms with Crippen molar-refractivity contribution in [1.82, 2.24) is 0 Å². The smallest absolute Gasteiger partial charge is 0.0177 e. The van der Waals surface area contributed by atoms with Crippen molar-refractivity contribution in [3.8, 4) is 11.8 Å². The fraction of sp³-hybridized carbons (Fsp3) is 0.200. The molecule has 0 N–H and O–H groups in total. The van der Waals surface area contributed by atoms with E-state index in [9.17, 15) is 0 Å². The lowest BCUT2D eigenvalue weighted by Crippen LogP contribution is -1.71. The van der Waals surface area contributed by atoms with Crippen LogP contribution in [-0.4, -0.2) is 0 Å². The van der Waals surface area contributed by atoms with Gasteiger partial charge in [-0.15, -0.1) is 0 Å². The van der Waals surface area contributed by atoms with Gasteiger partial charge in [0.2, 0.25) is 0 Å². The lowest BCUT2D eigenvalue weighted by molar-refractivity contribution is 1.55. The fourth-order valence-electron chi connectivity index (χ4n) is 0.746. The summed E-state index contributed by atoms with van der Waals surface area (Å²) in [5.41, 5.74) is 2.82. The van der Waals surface area contributed by atoms with Gasteiger partial charge in [0.1, 0.15) is 0 Å². The maximum Gasteiger partial charge on any atom is 0.0177 e. The largest absolute Gasteiger partial charge is 0.0961 e. The summed E-state index contributed by atoms with van der Waals surface area (Å²) in [4.78, 5) is 0. The third kappa shape index (κ3) is 8.59. The summed E-state index contributed by atoms with van der Waals surface area (Å²) in [5, 5.41) is 0. The standard InChI is InChI=1S/C15H18/c1-6-7-8-14(4)11-12-15(5)10-9-13(2)3/h6-10H,2,5H2,1,3-4H3. The Labute approximate surface area is 93.4 Å². The highest BCUT2D eigenvalue weighted by atomic mass is 13.9. The van der Waals surface area contributed by atoms with Crippen molar-refractivity contribution in [2.24, 2.45) is 0 Å². The van der Waals surface area contributed by atoms with Crippen LogP contribution in [0.4, 0.5) is 0 Å². The van der Waals surface area contributed by atoms with Gasteiger partial charge < -0.3 is 0 Å². The Balaban J connectivity index is 4.41. The van der Waals surface area contributed by atoms with E-state index in [1.807, 2.05) is 51.2 Å². The zero-order valence-electron chi connectivity index (χ0n) is 9.80. The van der Waals surface area contributed by atoms with Crippen LogP contribution in [0, 0.1) is 11.8 Å². The highest BCUT2D eigenvalue weighted by Gasteiger charge is 1.81. The molecule has 0 saturated carbocycles. The predicted octanol–water partition coefficient (Wildman–Crippen LogP) is 4.20. The lowest BCUT2D eigenvalue weighted by Gasteiger charge is -1.87. The van der Waals surface area contributed by atoms with Crippen molar-refractivity contribution in [1.29, 1.82) is 0 Å². The summed E-state index contributed by atoms with van der Waals surface area (Å²) in [7, 11) is 0. The predicted molar refractivity (Wildman–Crippen MR) is 69.4 cm³/mol. The maximum atomic E-state index is 3.83. The molecular weight excluding hydrogens is 180 g/mol. The average Bonchev–Trinajstić information content (AvgIpc) is 2.20. The van der Waals surface area contributed by atoms with E-state index in [1.54, 1.807) is 0 Å². The van der Waals surface area contributed by atoms with Crippen LogP contribution < -0.4 is 0 Å². The first kappa shape index (κ1) is 13.3. The second-order valence-corrected chi connectivity index (χ2v) is 3.33. The number of allylic oxidation sites excluding steroid dienone is 8. The molecule has 0 nitrogen and oxygen atoms in total. The molecule has 0 rings (SSSR count). The van der Waals surface area contributed by atoms with E-state index in [0.29, 0.717) is 0 Å². The minimum atomic E-state index is 0.797. The summed E-state index contributed by atoms with van der Waals surface area (Å²) in [6, 6.07) is 0. The van der Waals surface area contributed by atoms with Gasteiger partial charge in [-0.3, -0.25) is 0 Å². The highest BCUT2D eigenvalue weighted by molar-refractivity contribution is 5.43. The van der Waals surface area contributed by atoms with Crippen molar-refractivity contribution in [3.63, 3.8) is 0 Å². The molecule has 0 unspecified atom stereocenters. The van der Waals surface area contributed by atoms with Gasteiger partial charge in [0, 0.05) is 5.57 Å². The molecule has 0 aromatic rings. The Morgan fingerprint density at radius 2 is 1.73 bits per heavy atom. The van der Waals surface area contributed by atoms with Gasteiger partial charge in [-0.1, -0.05) is 54.9 Å². The number of rotatable bonds is 3. The van der Waals surface area contributed by atoms with Gasteiger partial charge in [-0.25, -0.2) is 0 Å². The molecule has 0 radical (unpaired) electrons. The molecule has 0 fully saturated rings. The highest BCUT2D eigenvalue weighted by Crippen LogP contribution is 1.97. The SMILES string of the molecule is C=C(C)C=CC(=C)C#CC(C)=CC=CC. The molecule has 78 valence electrons. The summed E-state index contributed by atoms with van der Waals surface area (Å²) in [5.74, 6) is 5.99. The first-order chi connectivity index (χ1) is 7.06. The van der Waals surface area contributed by atoms with Gasteiger partial charge in [-0.2, -0.15) is 0 Å². The summed E-state index contributed by atoms with van der Waals surface area (Å²) >= 11 is 0. The third-order valence-corrected chi connectivity index (χ3v) is 1.53. The maximum absolute atomic E-state index is 3.83. The van der Waals surface area contributed by atoms with E-state index in [2.05, 4.69) is 25.0 Å². The van der Waals surface area contributed by atoms with Gasteiger partial charge in [0.15, 0.2) is 0 Å². The first-order valence-electron chi connectivity index (χ1n) is 4.90. The van der Waals surface area contributed by atoms with Gasteiger partial charge in [0.05, 0.1) is 0 Å². The second kappa shape index (κ2) is 7.64. The van der Waals surface area contributed by atoms with Gasteiger partial charge in [-0.05, 0) is 32.4 Å². The van der Waals surface area contributed by atoms with Crippen LogP contribution in [0.15, 0.2) is 60.3 Å². The average molecular weight is 198 g/mol. The van der Waals surface area contributed by atoms with Crippen LogP contribution in [-0.2, 0) is 0 Å². The summed E-state index contributed by atoms with van der Waals surface area (Å²) < 4.78 is 0. The van der Waals surface area contributed by atoms with E-state index in [4.69, 9.17) is 0 Å². The zero-order valence-corrected chi connectivity index (χ0v) is 9.80. The normalized spacial score (nSPS) is 11.5. The van der Waals surface area contributed by atoms with Crippen LogP contribution in [0.2, 0.25) is 0 Å². The first-order valence-corrected chi connectivity index (χ1v) is 4.90. The Hall–Kier alpha value is -1.74. The third-order valence-electron chi connectivity index (χ3n) is 1.53. The van der Waals surface area contributed by atoms with Crippen LogP contribution in [0.5, 0.6) is 0 Å². The Bertz CT molecular complexity index is 376. The molecule has 15 heavy (non-hydrogen) atoms. The molecule has 0 aliphatic rings. The Morgan fingerprint density at radius 3 is 2.27 bits per heavy atom. The lowest BCUT2D eigenvalue weighted by atomic mass is 10.2. The number of hydrogen-bond acceptors (Lipinski definition) is 0. The monoisotopic (exact) mass is 198 g/mol. The molecule has 0 atom stereocenters. The molecule has 0 heteroatoms. The molecule has 0 bridgehead atoms. The van der Waals surface area contributed by atoms with E-state index < -0.39 is 0 Å². The van der Waals surface area contributed by atoms with E-state index in [0.717, 1.165) is 16.7 Å². The quantitative estimate of drug-likeness (QED) is 0.471. The van der Waals surface area contributed by atoms with Crippen molar-refractivity contribution >= 4 is 0 Å². The van der Waals surface area contributed by atoms with E-state index >= 15 is 0 Å². The second-order valence-electron chi connectivity index (χ2n) is 3.33. The van der Waals surface area contributed by atoms with Crippen LogP contribution in [0.25, 0.3) is 0 Å². The van der Waals surface area contributed by atoms with Crippen molar-refractivity contribution < 1.29 is 0 Å². The minimum Gasteiger partial charge on any atom is -0.0961 e. The molecule has 0 aromatic heterocycles. The van der Waals surface area contributed by atoms with Crippen LogP contribution >= 0.6 is 0 Å². The van der Waals surface area contributed by atoms with E-state index in [-0.39, 0.29) is 0 Å². The van der Waals surface area contributed by atoms with Gasteiger partial charge in [0.25, 0.3) is 0 Å². The molecule has 0 amide bonds. The molecule has 0 saturated heterocycles. The molecule has 0 spiro atoms. The minimum absolute atomic E-state index is 0.797. The van der Waals surface area contributed by atoms with E-state index in [1.165, 1.54) is 0 Å². The molecule has 0 aliphatic carbocycles. The summed E-state index contributed by atoms with van der Waals surface area (Å²) in [6.07, 6.45) is 9.69. The molecule has 0 heterocycles. The van der Waals surface area contributed by atoms with Crippen LogP contribution in [0.1, 0.15) is 20.8 Å². The number of hydrogen-bond donors (Lipinski definition) is 0. The Morgan fingerprint density at radius 1 is 1.07 bits per heavy atom. The fourth-order valence-corrected chi connectivity index (χ4v) is 0.746.